The van der Waals surface area contributed by atoms with Crippen LogP contribution >= 0.6 is 31.9 Å². The first-order valence-electron chi connectivity index (χ1n) is 5.03. The van der Waals surface area contributed by atoms with Crippen molar-refractivity contribution in [3.05, 3.63) is 0 Å². The van der Waals surface area contributed by atoms with Gasteiger partial charge in [0, 0.05) is 0 Å². The highest BCUT2D eigenvalue weighted by atomic mass is 79.9. The Morgan fingerprint density at radius 3 is 2.33 bits per heavy atom. The van der Waals surface area contributed by atoms with Crippen molar-refractivity contribution >= 4 is 53.6 Å². The molecule has 0 aromatic heterocycles. The fourth-order valence-corrected chi connectivity index (χ4v) is 6.81. The molecule has 0 unspecified atom stereocenters. The van der Waals surface area contributed by atoms with Crippen LogP contribution in [-0.4, -0.2) is 51.7 Å². The number of carbonyl (C=O) groups excluding carboxylic acids is 2. The lowest BCUT2D eigenvalue weighted by atomic mass is 9.98. The van der Waals surface area contributed by atoms with Crippen molar-refractivity contribution in [3.8, 4) is 0 Å². The number of rotatable bonds is 1. The fraction of sp³-hybridized carbons (Fsp3) is 0.778. The number of halogens is 2. The van der Waals surface area contributed by atoms with Gasteiger partial charge in [0.25, 0.3) is 5.91 Å². The van der Waals surface area contributed by atoms with Gasteiger partial charge in [-0.05, 0) is 13.8 Å². The zero-order chi connectivity index (χ0) is 14.1. The molecule has 2 aliphatic heterocycles. The van der Waals surface area contributed by atoms with Crippen LogP contribution in [0.25, 0.3) is 0 Å². The zero-order valence-corrected chi connectivity index (χ0v) is 13.8. The highest BCUT2D eigenvalue weighted by Gasteiger charge is 2.77. The molecule has 2 aliphatic rings. The molecule has 0 aromatic carbocycles. The summed E-state index contributed by atoms with van der Waals surface area (Å²) in [5.74, 6) is -1.22. The molecule has 0 saturated carbocycles. The Morgan fingerprint density at radius 2 is 1.89 bits per heavy atom. The predicted octanol–water partition coefficient (Wildman–Crippen LogP) is 0.389. The third-order valence-electron chi connectivity index (χ3n) is 3.47. The van der Waals surface area contributed by atoms with Crippen molar-refractivity contribution in [2.45, 2.75) is 33.2 Å². The summed E-state index contributed by atoms with van der Waals surface area (Å²) >= 11 is 6.11. The molecular formula is C9H11Br2NO5S. The van der Waals surface area contributed by atoms with E-state index in [0.717, 1.165) is 12.0 Å². The Bertz CT molecular complexity index is 541. The van der Waals surface area contributed by atoms with Crippen molar-refractivity contribution in [3.63, 3.8) is 0 Å². The molecule has 2 heterocycles. The maximum Gasteiger partial charge on any atom is 0.330 e. The Kier molecular flexibility index (Phi) is 2.93. The number of amides is 1. The fourth-order valence-electron chi connectivity index (χ4n) is 2.38. The predicted molar refractivity (Wildman–Crippen MR) is 70.0 cm³/mol. The quantitative estimate of drug-likeness (QED) is 0.358. The van der Waals surface area contributed by atoms with E-state index in [2.05, 4.69) is 36.6 Å². The molecule has 2 saturated heterocycles. The van der Waals surface area contributed by atoms with E-state index in [4.69, 9.17) is 0 Å². The molecule has 6 nitrogen and oxygen atoms in total. The molecule has 0 aromatic rings. The van der Waals surface area contributed by atoms with Crippen molar-refractivity contribution in [2.75, 3.05) is 7.11 Å². The summed E-state index contributed by atoms with van der Waals surface area (Å²) in [7, 11) is -2.54. The molecule has 2 fully saturated rings. The molecule has 102 valence electrons. The molecule has 9 heteroatoms. The van der Waals surface area contributed by atoms with Gasteiger partial charge in [0.05, 0.1) is 7.11 Å². The molecule has 0 radical (unpaired) electrons. The molecule has 18 heavy (non-hydrogen) atoms. The second kappa shape index (κ2) is 3.69. The SMILES string of the molecule is COC(=O)[C@@H]1N2C(=O)C(Br)(Br)[C@H]2S(=O)(=O)C1(C)C. The van der Waals surface area contributed by atoms with E-state index >= 15 is 0 Å². The number of ether oxygens (including phenoxy) is 1. The standard InChI is InChI=1S/C9H11Br2NO5S/c1-8(2)4(5(13)17-3)12-6(14)9(10,11)7(12)18(8,15)16/h4,7H,1-3H3/t4-,7+/m0/s1. The number of alkyl halides is 2. The highest BCUT2D eigenvalue weighted by molar-refractivity contribution is 9.26. The number of nitrogens with zero attached hydrogens (tertiary/aromatic N) is 1. The van der Waals surface area contributed by atoms with Gasteiger partial charge in [0.15, 0.2) is 18.4 Å². The Balaban J connectivity index is 2.61. The minimum absolute atomic E-state index is 0.489. The number of esters is 1. The lowest BCUT2D eigenvalue weighted by molar-refractivity contribution is -0.159. The summed E-state index contributed by atoms with van der Waals surface area (Å²) in [6.45, 7) is 2.84. The van der Waals surface area contributed by atoms with E-state index in [0.29, 0.717) is 0 Å². The molecule has 0 aliphatic carbocycles. The summed E-state index contributed by atoms with van der Waals surface area (Å²) in [6, 6.07) is -1.12. The first-order chi connectivity index (χ1) is 8.01. The van der Waals surface area contributed by atoms with E-state index in [1.807, 2.05) is 0 Å². The van der Waals surface area contributed by atoms with Crippen LogP contribution in [0.3, 0.4) is 0 Å². The van der Waals surface area contributed by atoms with Crippen LogP contribution in [0.2, 0.25) is 0 Å². The Hall–Kier alpha value is -0.150. The van der Waals surface area contributed by atoms with Crippen LogP contribution in [0, 0.1) is 0 Å². The first kappa shape index (κ1) is 14.3. The van der Waals surface area contributed by atoms with Gasteiger partial charge >= 0.3 is 5.97 Å². The molecule has 0 bridgehead atoms. The van der Waals surface area contributed by atoms with Crippen LogP contribution < -0.4 is 0 Å². The number of methoxy groups -OCH3 is 1. The second-order valence-electron chi connectivity index (χ2n) is 4.76. The topological polar surface area (TPSA) is 80.8 Å². The Labute approximate surface area is 121 Å². The highest BCUT2D eigenvalue weighted by Crippen LogP contribution is 2.56. The van der Waals surface area contributed by atoms with Gasteiger partial charge in [0.2, 0.25) is 0 Å². The number of fused-ring (bicyclic) bond motifs is 1. The normalized spacial score (nSPS) is 34.7. The average molecular weight is 405 g/mol. The van der Waals surface area contributed by atoms with Gasteiger partial charge in [-0.1, -0.05) is 31.9 Å². The summed E-state index contributed by atoms with van der Waals surface area (Å²) in [5.41, 5.74) is 0. The second-order valence-corrected chi connectivity index (χ2v) is 10.9. The van der Waals surface area contributed by atoms with E-state index in [-0.39, 0.29) is 0 Å². The minimum Gasteiger partial charge on any atom is -0.467 e. The molecule has 2 atom stereocenters. The van der Waals surface area contributed by atoms with Gasteiger partial charge in [-0.15, -0.1) is 0 Å². The third-order valence-corrected chi connectivity index (χ3v) is 8.48. The zero-order valence-electron chi connectivity index (χ0n) is 9.81. The van der Waals surface area contributed by atoms with Crippen molar-refractivity contribution < 1.29 is 22.7 Å². The summed E-state index contributed by atoms with van der Waals surface area (Å²) < 4.78 is 26.7. The summed E-state index contributed by atoms with van der Waals surface area (Å²) in [6.07, 6.45) is 0. The van der Waals surface area contributed by atoms with Crippen molar-refractivity contribution in [1.29, 1.82) is 0 Å². The lowest BCUT2D eigenvalue weighted by Crippen LogP contribution is -2.69. The monoisotopic (exact) mass is 403 g/mol. The van der Waals surface area contributed by atoms with Gasteiger partial charge in [0.1, 0.15) is 10.8 Å². The lowest BCUT2D eigenvalue weighted by Gasteiger charge is -2.45. The maximum atomic E-state index is 12.4. The molecule has 2 rings (SSSR count). The van der Waals surface area contributed by atoms with Crippen molar-refractivity contribution in [1.82, 2.24) is 4.90 Å². The number of hydrogen-bond donors (Lipinski definition) is 0. The molecule has 0 N–H and O–H groups in total. The Morgan fingerprint density at radius 1 is 1.39 bits per heavy atom. The van der Waals surface area contributed by atoms with Gasteiger partial charge in [-0.25, -0.2) is 13.2 Å². The van der Waals surface area contributed by atoms with Crippen LogP contribution in [-0.2, 0) is 24.2 Å². The average Bonchev–Trinajstić information content (AvgIpc) is 2.41. The minimum atomic E-state index is -3.70. The van der Waals surface area contributed by atoms with E-state index in [9.17, 15) is 18.0 Å². The van der Waals surface area contributed by atoms with Gasteiger partial charge in [-0.2, -0.15) is 0 Å². The smallest absolute Gasteiger partial charge is 0.330 e. The van der Waals surface area contributed by atoms with Crippen LogP contribution in [0.15, 0.2) is 0 Å². The number of carbonyl (C=O) groups is 2. The number of β-lactam (4-membered cyclic amide) rings is 1. The van der Waals surface area contributed by atoms with E-state index in [1.165, 1.54) is 13.8 Å². The summed E-state index contributed by atoms with van der Waals surface area (Å²) in [4.78, 5) is 24.7. The maximum absolute atomic E-state index is 12.4. The molecule has 1 amide bonds. The van der Waals surface area contributed by atoms with E-state index < -0.39 is 41.1 Å². The van der Waals surface area contributed by atoms with Gasteiger partial charge in [-0.3, -0.25) is 4.79 Å². The first-order valence-corrected chi connectivity index (χ1v) is 8.16. The van der Waals surface area contributed by atoms with Gasteiger partial charge < -0.3 is 9.64 Å². The summed E-state index contributed by atoms with van der Waals surface area (Å²) in [5, 5.41) is -1.10. The van der Waals surface area contributed by atoms with Crippen LogP contribution in [0.5, 0.6) is 0 Å². The van der Waals surface area contributed by atoms with E-state index in [1.54, 1.807) is 0 Å². The van der Waals surface area contributed by atoms with Crippen LogP contribution in [0.1, 0.15) is 13.8 Å². The largest absolute Gasteiger partial charge is 0.467 e. The molecular weight excluding hydrogens is 394 g/mol. The van der Waals surface area contributed by atoms with Crippen LogP contribution in [0.4, 0.5) is 0 Å². The molecule has 0 spiro atoms. The third kappa shape index (κ3) is 1.35. The van der Waals surface area contributed by atoms with Crippen molar-refractivity contribution in [2.24, 2.45) is 0 Å². The number of hydrogen-bond acceptors (Lipinski definition) is 5. The number of sulfone groups is 1.